The Morgan fingerprint density at radius 2 is 2.18 bits per heavy atom. The van der Waals surface area contributed by atoms with E-state index in [0.29, 0.717) is 13.0 Å². The summed E-state index contributed by atoms with van der Waals surface area (Å²) < 4.78 is 0. The van der Waals surface area contributed by atoms with Crippen LogP contribution in [-0.2, 0) is 0 Å². The highest BCUT2D eigenvalue weighted by Gasteiger charge is 2.15. The largest absolute Gasteiger partial charge is 0.390 e. The first-order valence-electron chi connectivity index (χ1n) is 5.11. The molecule has 6 heteroatoms. The number of amides is 1. The van der Waals surface area contributed by atoms with Gasteiger partial charge in [-0.1, -0.05) is 23.2 Å². The quantitative estimate of drug-likeness (QED) is 0.830. The molecule has 0 atom stereocenters. The van der Waals surface area contributed by atoms with Crippen molar-refractivity contribution < 1.29 is 9.90 Å². The molecule has 4 nitrogen and oxygen atoms in total. The van der Waals surface area contributed by atoms with E-state index in [1.807, 2.05) is 0 Å². The zero-order valence-corrected chi connectivity index (χ0v) is 11.1. The molecule has 0 aliphatic carbocycles. The SMILES string of the molecule is CC(C)(O)CCNC(=O)c1cnc(Cl)cc1Cl. The zero-order valence-electron chi connectivity index (χ0n) is 9.63. The molecule has 2 N–H and O–H groups in total. The average molecular weight is 277 g/mol. The summed E-state index contributed by atoms with van der Waals surface area (Å²) in [7, 11) is 0. The van der Waals surface area contributed by atoms with Crippen molar-refractivity contribution in [3.8, 4) is 0 Å². The minimum atomic E-state index is -0.810. The van der Waals surface area contributed by atoms with Gasteiger partial charge in [-0.25, -0.2) is 4.98 Å². The highest BCUT2D eigenvalue weighted by Crippen LogP contribution is 2.18. The van der Waals surface area contributed by atoms with Crippen molar-refractivity contribution in [1.82, 2.24) is 10.3 Å². The molecule has 0 saturated carbocycles. The maximum atomic E-state index is 11.7. The van der Waals surface area contributed by atoms with Crippen LogP contribution in [0.2, 0.25) is 10.2 Å². The zero-order chi connectivity index (χ0) is 13.1. The molecule has 0 fully saturated rings. The average Bonchev–Trinajstić information content (AvgIpc) is 2.15. The lowest BCUT2D eigenvalue weighted by atomic mass is 10.1. The van der Waals surface area contributed by atoms with Crippen molar-refractivity contribution in [1.29, 1.82) is 0 Å². The lowest BCUT2D eigenvalue weighted by Crippen LogP contribution is -2.30. The number of halogens is 2. The second-order valence-corrected chi connectivity index (χ2v) is 5.10. The molecule has 94 valence electrons. The van der Waals surface area contributed by atoms with Crippen LogP contribution in [0.3, 0.4) is 0 Å². The van der Waals surface area contributed by atoms with Gasteiger partial charge >= 0.3 is 0 Å². The molecule has 1 amide bonds. The third-order valence-electron chi connectivity index (χ3n) is 2.09. The van der Waals surface area contributed by atoms with E-state index >= 15 is 0 Å². The first-order valence-corrected chi connectivity index (χ1v) is 5.87. The number of nitrogens with zero attached hydrogens (tertiary/aromatic N) is 1. The summed E-state index contributed by atoms with van der Waals surface area (Å²) in [6.07, 6.45) is 1.78. The molecule has 0 aromatic carbocycles. The number of carbonyl (C=O) groups excluding carboxylic acids is 1. The lowest BCUT2D eigenvalue weighted by molar-refractivity contribution is 0.0693. The van der Waals surface area contributed by atoms with Gasteiger partial charge in [0.1, 0.15) is 5.15 Å². The summed E-state index contributed by atoms with van der Waals surface area (Å²) in [5.74, 6) is -0.330. The van der Waals surface area contributed by atoms with Gasteiger partial charge in [-0.15, -0.1) is 0 Å². The van der Waals surface area contributed by atoms with Crippen LogP contribution in [0.1, 0.15) is 30.6 Å². The number of aromatic nitrogens is 1. The van der Waals surface area contributed by atoms with Gasteiger partial charge in [0.15, 0.2) is 0 Å². The number of nitrogens with one attached hydrogen (secondary N) is 1. The van der Waals surface area contributed by atoms with Gasteiger partial charge in [0.25, 0.3) is 5.91 Å². The van der Waals surface area contributed by atoms with E-state index in [4.69, 9.17) is 23.2 Å². The van der Waals surface area contributed by atoms with Crippen LogP contribution < -0.4 is 5.32 Å². The number of carbonyl (C=O) groups is 1. The predicted molar refractivity (Wildman–Crippen MR) is 67.5 cm³/mol. The summed E-state index contributed by atoms with van der Waals surface area (Å²) in [5, 5.41) is 12.6. The van der Waals surface area contributed by atoms with E-state index in [2.05, 4.69) is 10.3 Å². The first-order chi connectivity index (χ1) is 7.79. The van der Waals surface area contributed by atoms with Crippen LogP contribution in [0, 0.1) is 0 Å². The third kappa shape index (κ3) is 4.89. The topological polar surface area (TPSA) is 62.2 Å². The van der Waals surface area contributed by atoms with Crippen LogP contribution in [-0.4, -0.2) is 28.1 Å². The van der Waals surface area contributed by atoms with Crippen molar-refractivity contribution in [3.05, 3.63) is 28.0 Å². The van der Waals surface area contributed by atoms with Gasteiger partial charge in [0, 0.05) is 12.7 Å². The number of rotatable bonds is 4. The van der Waals surface area contributed by atoms with Crippen LogP contribution in [0.15, 0.2) is 12.3 Å². The number of hydrogen-bond donors (Lipinski definition) is 2. The van der Waals surface area contributed by atoms with E-state index in [1.54, 1.807) is 13.8 Å². The first kappa shape index (κ1) is 14.2. The van der Waals surface area contributed by atoms with E-state index in [0.717, 1.165) is 0 Å². The maximum absolute atomic E-state index is 11.7. The fourth-order valence-electron chi connectivity index (χ4n) is 1.15. The minimum Gasteiger partial charge on any atom is -0.390 e. The number of pyridine rings is 1. The Labute approximate surface area is 110 Å². The summed E-state index contributed by atoms with van der Waals surface area (Å²) >= 11 is 11.5. The summed E-state index contributed by atoms with van der Waals surface area (Å²) in [6.45, 7) is 3.72. The van der Waals surface area contributed by atoms with Crippen molar-refractivity contribution in [2.24, 2.45) is 0 Å². The van der Waals surface area contributed by atoms with E-state index in [9.17, 15) is 9.90 Å². The molecule has 1 aromatic heterocycles. The van der Waals surface area contributed by atoms with Gasteiger partial charge < -0.3 is 10.4 Å². The van der Waals surface area contributed by atoms with Gasteiger partial charge in [-0.05, 0) is 26.3 Å². The molecule has 1 aromatic rings. The molecule has 17 heavy (non-hydrogen) atoms. The number of hydrogen-bond acceptors (Lipinski definition) is 3. The molecule has 0 bridgehead atoms. The Bertz CT molecular complexity index is 416. The van der Waals surface area contributed by atoms with Crippen LogP contribution >= 0.6 is 23.2 Å². The van der Waals surface area contributed by atoms with Gasteiger partial charge in [0.05, 0.1) is 16.2 Å². The molecular formula is C11H14Cl2N2O2. The van der Waals surface area contributed by atoms with Gasteiger partial charge in [-0.3, -0.25) is 4.79 Å². The highest BCUT2D eigenvalue weighted by molar-refractivity contribution is 6.36. The maximum Gasteiger partial charge on any atom is 0.254 e. The molecule has 0 saturated heterocycles. The fraction of sp³-hybridized carbons (Fsp3) is 0.455. The molecule has 0 spiro atoms. The second kappa shape index (κ2) is 5.67. The van der Waals surface area contributed by atoms with Crippen molar-refractivity contribution in [2.75, 3.05) is 6.54 Å². The standard InChI is InChI=1S/C11H14Cl2N2O2/c1-11(2,17)3-4-14-10(16)7-6-15-9(13)5-8(7)12/h5-6,17H,3-4H2,1-2H3,(H,14,16). The van der Waals surface area contributed by atoms with E-state index in [-0.39, 0.29) is 21.6 Å². The Balaban J connectivity index is 2.59. The molecule has 0 aliphatic rings. The van der Waals surface area contributed by atoms with Crippen LogP contribution in [0.25, 0.3) is 0 Å². The second-order valence-electron chi connectivity index (χ2n) is 4.31. The van der Waals surface area contributed by atoms with E-state index < -0.39 is 5.60 Å². The van der Waals surface area contributed by atoms with Gasteiger partial charge in [0.2, 0.25) is 0 Å². The van der Waals surface area contributed by atoms with Crippen molar-refractivity contribution >= 4 is 29.1 Å². The minimum absolute atomic E-state index is 0.239. The van der Waals surface area contributed by atoms with Crippen molar-refractivity contribution in [3.63, 3.8) is 0 Å². The molecule has 0 aliphatic heterocycles. The van der Waals surface area contributed by atoms with Gasteiger partial charge in [-0.2, -0.15) is 0 Å². The Morgan fingerprint density at radius 3 is 2.71 bits per heavy atom. The van der Waals surface area contributed by atoms with Crippen LogP contribution in [0.5, 0.6) is 0 Å². The molecular weight excluding hydrogens is 263 g/mol. The summed E-state index contributed by atoms with van der Waals surface area (Å²) in [6, 6.07) is 1.41. The smallest absolute Gasteiger partial charge is 0.254 e. The fourth-order valence-corrected chi connectivity index (χ4v) is 1.60. The third-order valence-corrected chi connectivity index (χ3v) is 2.61. The normalized spacial score (nSPS) is 11.4. The monoisotopic (exact) mass is 276 g/mol. The van der Waals surface area contributed by atoms with Crippen LogP contribution in [0.4, 0.5) is 0 Å². The highest BCUT2D eigenvalue weighted by atomic mass is 35.5. The number of aliphatic hydroxyl groups is 1. The molecule has 1 rings (SSSR count). The Kier molecular flexibility index (Phi) is 4.74. The van der Waals surface area contributed by atoms with E-state index in [1.165, 1.54) is 12.3 Å². The van der Waals surface area contributed by atoms with Crippen molar-refractivity contribution in [2.45, 2.75) is 25.9 Å². The Morgan fingerprint density at radius 1 is 1.53 bits per heavy atom. The summed E-state index contributed by atoms with van der Waals surface area (Å²) in [4.78, 5) is 15.5. The molecule has 1 heterocycles. The lowest BCUT2D eigenvalue weighted by Gasteiger charge is -2.17. The molecule has 0 unspecified atom stereocenters. The molecule has 0 radical (unpaired) electrons. The Hall–Kier alpha value is -0.840. The summed E-state index contributed by atoms with van der Waals surface area (Å²) in [5.41, 5.74) is -0.540. The predicted octanol–water partition coefficient (Wildman–Crippen LogP) is 2.28.